The van der Waals surface area contributed by atoms with Crippen LogP contribution in [0, 0.1) is 5.92 Å². The number of hydrogen-bond acceptors (Lipinski definition) is 0. The zero-order valence-corrected chi connectivity index (χ0v) is 17.5. The van der Waals surface area contributed by atoms with E-state index in [4.69, 9.17) is 0 Å². The van der Waals surface area contributed by atoms with Gasteiger partial charge in [-0.05, 0) is 0 Å². The Balaban J connectivity index is -0.0000000956. The fraction of sp³-hybridized carbons (Fsp3) is 0.667. The van der Waals surface area contributed by atoms with Crippen molar-refractivity contribution in [2.75, 3.05) is 42.3 Å². The Morgan fingerprint density at radius 2 is 1.05 bits per heavy atom. The van der Waals surface area contributed by atoms with Crippen molar-refractivity contribution in [3.8, 4) is 0 Å². The molecule has 3 nitrogen and oxygen atoms in total. The Morgan fingerprint density at radius 1 is 0.789 bits per heavy atom. The largest absolute Gasteiger partial charge is 4.00 e. The molecule has 0 atom stereocenters. The summed E-state index contributed by atoms with van der Waals surface area (Å²) >= 11 is 0. The smallest absolute Gasteiger partial charge is 0.668 e. The standard InChI is InChI=1S/C9H13.3C2H6N.Hf/c1-8(2)7-9-5-3-4-6-9;3*1-3-2;/h3-6,8H,7H2,1-2H3;3*1-2H3;/q4*-1;+4. The van der Waals surface area contributed by atoms with Crippen LogP contribution in [0.1, 0.15) is 19.4 Å². The number of hydrogen-bond donors (Lipinski definition) is 0. The minimum atomic E-state index is 0. The predicted octanol–water partition coefficient (Wildman–Crippen LogP) is 4.46. The first-order valence-electron chi connectivity index (χ1n) is 6.18. The van der Waals surface area contributed by atoms with Crippen molar-refractivity contribution in [3.05, 3.63) is 45.8 Å². The van der Waals surface area contributed by atoms with Crippen molar-refractivity contribution in [2.24, 2.45) is 5.92 Å². The summed E-state index contributed by atoms with van der Waals surface area (Å²) in [6.07, 6.45) is 1.22. The second-order valence-corrected chi connectivity index (χ2v) is 4.23. The molecule has 0 aliphatic carbocycles. The topological polar surface area (TPSA) is 42.3 Å². The Bertz CT molecular complexity index is 194. The van der Waals surface area contributed by atoms with Crippen LogP contribution in [0.25, 0.3) is 16.0 Å². The maximum atomic E-state index is 3.50. The molecule has 0 unspecified atom stereocenters. The van der Waals surface area contributed by atoms with E-state index in [0.717, 1.165) is 5.92 Å². The van der Waals surface area contributed by atoms with Crippen LogP contribution in [0.5, 0.6) is 0 Å². The Kier molecular flexibility index (Phi) is 38.5. The quantitative estimate of drug-likeness (QED) is 0.490. The van der Waals surface area contributed by atoms with Crippen LogP contribution in [0.3, 0.4) is 0 Å². The summed E-state index contributed by atoms with van der Waals surface area (Å²) in [7, 11) is 10.5. The molecule has 4 heteroatoms. The first-order chi connectivity index (χ1) is 8.53. The second kappa shape index (κ2) is 26.6. The van der Waals surface area contributed by atoms with Gasteiger partial charge in [-0.1, -0.05) is 26.2 Å². The van der Waals surface area contributed by atoms with E-state index in [1.54, 1.807) is 42.3 Å². The third-order valence-corrected chi connectivity index (χ3v) is 1.38. The van der Waals surface area contributed by atoms with Crippen LogP contribution < -0.4 is 0 Å². The van der Waals surface area contributed by atoms with E-state index >= 15 is 0 Å². The van der Waals surface area contributed by atoms with E-state index in [9.17, 15) is 0 Å². The molecule has 0 aliphatic rings. The van der Waals surface area contributed by atoms with Crippen LogP contribution >= 0.6 is 0 Å². The SMILES string of the molecule is CC(C)C[c-]1cccc1.C[N-]C.C[N-]C.C[N-]C.[Hf+4]. The van der Waals surface area contributed by atoms with E-state index in [0.29, 0.717) is 0 Å². The van der Waals surface area contributed by atoms with Crippen molar-refractivity contribution < 1.29 is 25.8 Å². The molecule has 1 aromatic rings. The Morgan fingerprint density at radius 3 is 1.26 bits per heavy atom. The van der Waals surface area contributed by atoms with Crippen LogP contribution in [0.4, 0.5) is 0 Å². The maximum Gasteiger partial charge on any atom is 4.00 e. The summed E-state index contributed by atoms with van der Waals surface area (Å²) < 4.78 is 0. The van der Waals surface area contributed by atoms with Crippen LogP contribution in [-0.4, -0.2) is 42.3 Å². The average molecular weight is 432 g/mol. The van der Waals surface area contributed by atoms with Crippen LogP contribution in [-0.2, 0) is 32.3 Å². The van der Waals surface area contributed by atoms with Gasteiger partial charge in [-0.25, -0.2) is 12.1 Å². The Hall–Kier alpha value is 0.100. The molecular formula is C15H31HfN3. The molecule has 0 bridgehead atoms. The zero-order chi connectivity index (χ0) is 14.8. The third kappa shape index (κ3) is 38.1. The molecule has 1 aromatic carbocycles. The summed E-state index contributed by atoms with van der Waals surface area (Å²) in [6, 6.07) is 8.55. The van der Waals surface area contributed by atoms with Gasteiger partial charge >= 0.3 is 25.8 Å². The predicted molar refractivity (Wildman–Crippen MR) is 86.2 cm³/mol. The summed E-state index contributed by atoms with van der Waals surface area (Å²) in [5, 5.41) is 10.5. The van der Waals surface area contributed by atoms with Crippen molar-refractivity contribution >= 4 is 0 Å². The van der Waals surface area contributed by atoms with E-state index in [-0.39, 0.29) is 25.8 Å². The first-order valence-corrected chi connectivity index (χ1v) is 6.18. The van der Waals surface area contributed by atoms with E-state index in [1.165, 1.54) is 12.0 Å². The minimum absolute atomic E-state index is 0. The molecule has 19 heavy (non-hydrogen) atoms. The van der Waals surface area contributed by atoms with Crippen molar-refractivity contribution in [3.63, 3.8) is 0 Å². The van der Waals surface area contributed by atoms with Gasteiger partial charge in [-0.15, -0.1) is 0 Å². The minimum Gasteiger partial charge on any atom is -0.668 e. The summed E-state index contributed by atoms with van der Waals surface area (Å²) in [6.45, 7) is 4.49. The van der Waals surface area contributed by atoms with Crippen molar-refractivity contribution in [1.29, 1.82) is 0 Å². The molecule has 0 aromatic heterocycles. The monoisotopic (exact) mass is 433 g/mol. The fourth-order valence-corrected chi connectivity index (χ4v) is 1.02. The molecule has 0 heterocycles. The van der Waals surface area contributed by atoms with E-state index in [1.807, 2.05) is 0 Å². The molecule has 0 fully saturated rings. The number of rotatable bonds is 2. The van der Waals surface area contributed by atoms with Gasteiger partial charge in [0.25, 0.3) is 0 Å². The second-order valence-electron chi connectivity index (χ2n) is 4.23. The Labute approximate surface area is 140 Å². The fourth-order valence-electron chi connectivity index (χ4n) is 1.02. The van der Waals surface area contributed by atoms with Crippen LogP contribution in [0.2, 0.25) is 0 Å². The maximum absolute atomic E-state index is 3.50. The van der Waals surface area contributed by atoms with Crippen molar-refractivity contribution in [2.45, 2.75) is 20.3 Å². The molecule has 0 amide bonds. The molecule has 0 saturated heterocycles. The molecular weight excluding hydrogens is 401 g/mol. The van der Waals surface area contributed by atoms with Gasteiger partial charge in [0.2, 0.25) is 0 Å². The van der Waals surface area contributed by atoms with E-state index in [2.05, 4.69) is 54.1 Å². The molecule has 0 radical (unpaired) electrons. The van der Waals surface area contributed by atoms with Gasteiger partial charge in [0.05, 0.1) is 0 Å². The van der Waals surface area contributed by atoms with Gasteiger partial charge in [-0.3, -0.25) is 0 Å². The summed E-state index contributed by atoms with van der Waals surface area (Å²) in [4.78, 5) is 0. The third-order valence-electron chi connectivity index (χ3n) is 1.38. The van der Waals surface area contributed by atoms with E-state index < -0.39 is 0 Å². The van der Waals surface area contributed by atoms with Gasteiger partial charge in [0.1, 0.15) is 0 Å². The van der Waals surface area contributed by atoms with Gasteiger partial charge in [-0.2, -0.15) is 60.0 Å². The normalized spacial score (nSPS) is 7.84. The zero-order valence-electron chi connectivity index (χ0n) is 13.9. The molecule has 110 valence electrons. The number of nitrogens with zero attached hydrogens (tertiary/aromatic N) is 3. The molecule has 0 N–H and O–H groups in total. The van der Waals surface area contributed by atoms with Crippen LogP contribution in [0.15, 0.2) is 24.3 Å². The van der Waals surface area contributed by atoms with Gasteiger partial charge < -0.3 is 16.0 Å². The van der Waals surface area contributed by atoms with Crippen molar-refractivity contribution in [1.82, 2.24) is 0 Å². The van der Waals surface area contributed by atoms with Gasteiger partial charge in [0, 0.05) is 0 Å². The molecule has 0 saturated carbocycles. The molecule has 0 aliphatic heterocycles. The van der Waals surface area contributed by atoms with Gasteiger partial charge in [0.15, 0.2) is 0 Å². The molecule has 1 rings (SSSR count). The molecule has 0 spiro atoms. The first kappa shape index (κ1) is 27.4. The average Bonchev–Trinajstić information content (AvgIpc) is 2.73. The summed E-state index contributed by atoms with van der Waals surface area (Å²) in [5.41, 5.74) is 1.46. The summed E-state index contributed by atoms with van der Waals surface area (Å²) in [5.74, 6) is 0.785.